The highest BCUT2D eigenvalue weighted by Crippen LogP contribution is 2.42. The molecule has 3 N–H and O–H groups in total. The molecule has 0 spiro atoms. The van der Waals surface area contributed by atoms with Crippen LogP contribution in [0.3, 0.4) is 0 Å². The molecule has 0 aliphatic rings. The van der Waals surface area contributed by atoms with E-state index >= 15 is 0 Å². The molecule has 2 unspecified atom stereocenters. The topological polar surface area (TPSA) is 131 Å². The highest BCUT2D eigenvalue weighted by molar-refractivity contribution is 7.47. The quantitative estimate of drug-likeness (QED) is 0.0241. The summed E-state index contributed by atoms with van der Waals surface area (Å²) in [5.41, 5.74) is 0. The molecule has 0 bridgehead atoms. The van der Waals surface area contributed by atoms with Gasteiger partial charge >= 0.3 is 13.8 Å². The molecule has 324 valence electrons. The first-order valence-corrected chi connectivity index (χ1v) is 23.8. The van der Waals surface area contributed by atoms with Crippen LogP contribution in [0.25, 0.3) is 0 Å². The van der Waals surface area contributed by atoms with E-state index in [-0.39, 0.29) is 32.1 Å². The summed E-state index contributed by atoms with van der Waals surface area (Å²) in [6, 6.07) is 0. The van der Waals surface area contributed by atoms with Gasteiger partial charge in [-0.3, -0.25) is 18.6 Å². The fourth-order valence-electron chi connectivity index (χ4n) is 5.78. The SMILES string of the molecule is CCCCC/C=C\C/C=C\C/C=C\C/C=C\CCCC(=O)OCC(O)COP(=O)(O)OCCNC(=O)CCCCCCCCC/C=C\CCCCCCCCC. The minimum Gasteiger partial charge on any atom is -0.463 e. The van der Waals surface area contributed by atoms with Crippen molar-refractivity contribution in [1.29, 1.82) is 0 Å². The van der Waals surface area contributed by atoms with Crippen molar-refractivity contribution >= 4 is 19.7 Å². The van der Waals surface area contributed by atoms with Gasteiger partial charge in [0.2, 0.25) is 5.91 Å². The van der Waals surface area contributed by atoms with E-state index in [0.717, 1.165) is 44.9 Å². The summed E-state index contributed by atoms with van der Waals surface area (Å²) < 4.78 is 26.8. The number of phosphoric ester groups is 1. The second kappa shape index (κ2) is 42.3. The zero-order valence-corrected chi connectivity index (χ0v) is 36.5. The summed E-state index contributed by atoms with van der Waals surface area (Å²) in [6.45, 7) is 3.45. The largest absolute Gasteiger partial charge is 0.472 e. The molecule has 0 aromatic heterocycles. The maximum Gasteiger partial charge on any atom is 0.472 e. The number of aliphatic hydroxyl groups excluding tert-OH is 1. The molecule has 10 heteroatoms. The van der Waals surface area contributed by atoms with Crippen molar-refractivity contribution in [3.05, 3.63) is 60.8 Å². The van der Waals surface area contributed by atoms with E-state index in [1.165, 1.54) is 109 Å². The Morgan fingerprint density at radius 1 is 0.554 bits per heavy atom. The first-order valence-electron chi connectivity index (χ1n) is 22.3. The van der Waals surface area contributed by atoms with Crippen molar-refractivity contribution in [1.82, 2.24) is 5.32 Å². The van der Waals surface area contributed by atoms with Crippen molar-refractivity contribution in [3.63, 3.8) is 0 Å². The van der Waals surface area contributed by atoms with Crippen LogP contribution >= 0.6 is 7.82 Å². The van der Waals surface area contributed by atoms with Gasteiger partial charge in [0, 0.05) is 19.4 Å². The van der Waals surface area contributed by atoms with E-state index in [1.807, 2.05) is 6.08 Å². The number of nitrogens with one attached hydrogen (secondary N) is 1. The molecule has 0 rings (SSSR count). The summed E-state index contributed by atoms with van der Waals surface area (Å²) in [6.07, 6.45) is 50.1. The Morgan fingerprint density at radius 3 is 1.54 bits per heavy atom. The summed E-state index contributed by atoms with van der Waals surface area (Å²) in [5.74, 6) is -0.580. The van der Waals surface area contributed by atoms with Gasteiger partial charge in [-0.15, -0.1) is 0 Å². The van der Waals surface area contributed by atoms with Crippen LogP contribution in [0.5, 0.6) is 0 Å². The monoisotopic (exact) mass is 808 g/mol. The van der Waals surface area contributed by atoms with Crippen LogP contribution < -0.4 is 5.32 Å². The number of rotatable bonds is 41. The molecular weight excluding hydrogens is 725 g/mol. The van der Waals surface area contributed by atoms with E-state index in [4.69, 9.17) is 13.8 Å². The predicted molar refractivity (Wildman–Crippen MR) is 233 cm³/mol. The lowest BCUT2D eigenvalue weighted by atomic mass is 10.1. The number of amides is 1. The van der Waals surface area contributed by atoms with E-state index in [0.29, 0.717) is 12.8 Å². The molecule has 0 aromatic carbocycles. The Labute approximate surface area is 342 Å². The summed E-state index contributed by atoms with van der Waals surface area (Å²) >= 11 is 0. The van der Waals surface area contributed by atoms with Crippen LogP contribution in [0, 0.1) is 0 Å². The predicted octanol–water partition coefficient (Wildman–Crippen LogP) is 12.5. The maximum absolute atomic E-state index is 12.1. The van der Waals surface area contributed by atoms with E-state index in [1.54, 1.807) is 0 Å². The number of carbonyl (C=O) groups excluding carboxylic acids is 2. The molecule has 0 aromatic rings. The molecule has 2 atom stereocenters. The lowest BCUT2D eigenvalue weighted by molar-refractivity contribution is -0.147. The smallest absolute Gasteiger partial charge is 0.463 e. The number of carbonyl (C=O) groups is 2. The van der Waals surface area contributed by atoms with Crippen molar-refractivity contribution in [2.75, 3.05) is 26.4 Å². The standard InChI is InChI=1S/C46H82NO8P/c1-3-5-7-9-11-13-15-17-19-21-23-24-26-28-30-32-34-36-38-45(49)47-40-41-54-56(51,52)55-43-44(48)42-53-46(50)39-37-35-33-31-29-27-25-22-20-18-16-14-12-10-8-6-4-2/h12,14,18-21,25,27,31,33,44,48H,3-11,13,15-17,22-24,26,28-30,32,34-43H2,1-2H3,(H,47,49)(H,51,52)/b14-12-,20-18-,21-19-,27-25-,33-31-. The van der Waals surface area contributed by atoms with Gasteiger partial charge in [0.05, 0.1) is 13.2 Å². The molecule has 9 nitrogen and oxygen atoms in total. The van der Waals surface area contributed by atoms with Crippen LogP contribution in [0.2, 0.25) is 0 Å². The van der Waals surface area contributed by atoms with Gasteiger partial charge in [-0.1, -0.05) is 158 Å². The molecule has 0 radical (unpaired) electrons. The fourth-order valence-corrected chi connectivity index (χ4v) is 6.54. The van der Waals surface area contributed by atoms with E-state index in [9.17, 15) is 24.2 Å². The number of aliphatic hydroxyl groups is 1. The normalized spacial score (nSPS) is 13.9. The second-order valence-corrected chi connectivity index (χ2v) is 16.1. The van der Waals surface area contributed by atoms with Crippen molar-refractivity contribution in [3.8, 4) is 0 Å². The highest BCUT2D eigenvalue weighted by Gasteiger charge is 2.23. The maximum atomic E-state index is 12.1. The molecule has 0 heterocycles. The molecule has 0 saturated carbocycles. The molecule has 0 aliphatic heterocycles. The summed E-state index contributed by atoms with van der Waals surface area (Å²) in [4.78, 5) is 33.9. The first-order chi connectivity index (χ1) is 27.3. The Kier molecular flexibility index (Phi) is 40.6. The lowest BCUT2D eigenvalue weighted by Gasteiger charge is -2.15. The van der Waals surface area contributed by atoms with Crippen molar-refractivity contribution < 1.29 is 37.9 Å². The molecule has 56 heavy (non-hydrogen) atoms. The van der Waals surface area contributed by atoms with Gasteiger partial charge in [0.25, 0.3) is 0 Å². The zero-order valence-electron chi connectivity index (χ0n) is 35.6. The van der Waals surface area contributed by atoms with Gasteiger partial charge in [-0.25, -0.2) is 4.57 Å². The van der Waals surface area contributed by atoms with Gasteiger partial charge in [-0.05, 0) is 77.0 Å². The second-order valence-electron chi connectivity index (χ2n) is 14.7. The van der Waals surface area contributed by atoms with Crippen LogP contribution in [0.4, 0.5) is 0 Å². The van der Waals surface area contributed by atoms with Crippen LogP contribution in [-0.4, -0.2) is 54.3 Å². The van der Waals surface area contributed by atoms with E-state index < -0.39 is 26.5 Å². The number of ether oxygens (including phenoxy) is 1. The minimum atomic E-state index is -4.43. The number of phosphoric acid groups is 1. The number of hydrogen-bond acceptors (Lipinski definition) is 7. The van der Waals surface area contributed by atoms with E-state index in [2.05, 4.69) is 73.8 Å². The van der Waals surface area contributed by atoms with Crippen LogP contribution in [-0.2, 0) is 27.9 Å². The minimum absolute atomic E-state index is 0.0709. The number of allylic oxidation sites excluding steroid dienone is 10. The lowest BCUT2D eigenvalue weighted by Crippen LogP contribution is -2.27. The number of unbranched alkanes of at least 4 members (excludes halogenated alkanes) is 18. The third-order valence-corrected chi connectivity index (χ3v) is 10.2. The summed E-state index contributed by atoms with van der Waals surface area (Å²) in [7, 11) is -4.43. The Morgan fingerprint density at radius 2 is 0.982 bits per heavy atom. The third kappa shape index (κ3) is 42.8. The Balaban J connectivity index is 3.68. The van der Waals surface area contributed by atoms with Crippen molar-refractivity contribution in [2.45, 2.75) is 193 Å². The molecule has 0 fully saturated rings. The van der Waals surface area contributed by atoms with Gasteiger partial charge in [0.1, 0.15) is 12.7 Å². The zero-order chi connectivity index (χ0) is 41.1. The highest BCUT2D eigenvalue weighted by atomic mass is 31.2. The molecule has 1 amide bonds. The Hall–Kier alpha value is -2.29. The van der Waals surface area contributed by atoms with Crippen LogP contribution in [0.1, 0.15) is 187 Å². The average Bonchev–Trinajstić information content (AvgIpc) is 3.18. The number of esters is 1. The average molecular weight is 808 g/mol. The third-order valence-electron chi connectivity index (χ3n) is 9.17. The molecule has 0 saturated heterocycles. The first kappa shape index (κ1) is 53.7. The van der Waals surface area contributed by atoms with Crippen molar-refractivity contribution in [2.24, 2.45) is 0 Å². The summed E-state index contributed by atoms with van der Waals surface area (Å²) in [5, 5.41) is 12.7. The van der Waals surface area contributed by atoms with Gasteiger partial charge in [-0.2, -0.15) is 0 Å². The fraction of sp³-hybridized carbons (Fsp3) is 0.739. The van der Waals surface area contributed by atoms with Gasteiger partial charge in [0.15, 0.2) is 0 Å². The van der Waals surface area contributed by atoms with Gasteiger partial charge < -0.3 is 20.1 Å². The Bertz CT molecular complexity index is 1100. The number of hydrogen-bond donors (Lipinski definition) is 3. The molecular formula is C46H82NO8P. The molecule has 0 aliphatic carbocycles. The van der Waals surface area contributed by atoms with Crippen LogP contribution in [0.15, 0.2) is 60.8 Å².